The molecule has 0 amide bonds. The second-order valence-electron chi connectivity index (χ2n) is 4.93. The lowest BCUT2D eigenvalue weighted by atomic mass is 9.85. The van der Waals surface area contributed by atoms with E-state index in [0.717, 1.165) is 34.2 Å². The number of allylic oxidation sites excluding steroid dienone is 3. The third-order valence-corrected chi connectivity index (χ3v) is 3.45. The summed E-state index contributed by atoms with van der Waals surface area (Å²) in [6.45, 7) is 6.06. The molecule has 1 aromatic heterocycles. The van der Waals surface area contributed by atoms with E-state index in [1.807, 2.05) is 25.1 Å². The van der Waals surface area contributed by atoms with Crippen LogP contribution in [0.5, 0.6) is 5.75 Å². The number of nitrogens with zero attached hydrogens (tertiary/aromatic N) is 1. The molecule has 2 aromatic rings. The monoisotopic (exact) mass is 249 g/mol. The molecule has 0 spiro atoms. The van der Waals surface area contributed by atoms with Crippen LogP contribution in [-0.2, 0) is 6.42 Å². The van der Waals surface area contributed by atoms with Gasteiger partial charge in [0, 0.05) is 18.0 Å². The van der Waals surface area contributed by atoms with Crippen LogP contribution in [0.3, 0.4) is 0 Å². The van der Waals surface area contributed by atoms with E-state index in [0.29, 0.717) is 5.75 Å². The molecule has 1 N–H and O–H groups in total. The number of aromatic hydroxyl groups is 1. The largest absolute Gasteiger partial charge is 0.507 e. The molecule has 94 valence electrons. The number of phenols is 1. The SMILES string of the molecule is C=C1C=C(c2ccncc2)Cc2cc(C)cc(O)c21. The molecule has 2 nitrogen and oxygen atoms in total. The van der Waals surface area contributed by atoms with Crippen LogP contribution in [0.25, 0.3) is 11.1 Å². The first-order chi connectivity index (χ1) is 9.15. The standard InChI is InChI=1S/C17H15NO/c1-11-7-15-10-14(13-3-5-18-6-4-13)9-12(2)17(15)16(19)8-11/h3-9,19H,2,10H2,1H3. The van der Waals surface area contributed by atoms with Crippen molar-refractivity contribution < 1.29 is 5.11 Å². The van der Waals surface area contributed by atoms with Gasteiger partial charge in [0.25, 0.3) is 0 Å². The van der Waals surface area contributed by atoms with E-state index in [1.54, 1.807) is 18.5 Å². The number of phenolic OH excluding ortho intramolecular Hbond substituents is 1. The predicted octanol–water partition coefficient (Wildman–Crippen LogP) is 3.75. The Morgan fingerprint density at radius 2 is 1.95 bits per heavy atom. The van der Waals surface area contributed by atoms with Crippen molar-refractivity contribution in [2.45, 2.75) is 13.3 Å². The second-order valence-corrected chi connectivity index (χ2v) is 4.93. The van der Waals surface area contributed by atoms with Gasteiger partial charge in [0.05, 0.1) is 0 Å². The first-order valence-electron chi connectivity index (χ1n) is 6.28. The number of benzene rings is 1. The number of pyridine rings is 1. The van der Waals surface area contributed by atoms with Crippen LogP contribution in [0, 0.1) is 6.92 Å². The van der Waals surface area contributed by atoms with E-state index in [2.05, 4.69) is 17.6 Å². The Kier molecular flexibility index (Phi) is 2.71. The average Bonchev–Trinajstić information content (AvgIpc) is 2.38. The van der Waals surface area contributed by atoms with Crippen LogP contribution in [0.4, 0.5) is 0 Å². The van der Waals surface area contributed by atoms with Gasteiger partial charge >= 0.3 is 0 Å². The highest BCUT2D eigenvalue weighted by Crippen LogP contribution is 2.38. The number of hydrogen-bond acceptors (Lipinski definition) is 2. The molecule has 0 radical (unpaired) electrons. The Bertz CT molecular complexity index is 684. The molecule has 1 aromatic carbocycles. The van der Waals surface area contributed by atoms with Crippen molar-refractivity contribution in [1.82, 2.24) is 4.98 Å². The first-order valence-corrected chi connectivity index (χ1v) is 6.28. The van der Waals surface area contributed by atoms with E-state index in [-0.39, 0.29) is 0 Å². The van der Waals surface area contributed by atoms with Gasteiger partial charge in [-0.3, -0.25) is 4.98 Å². The Morgan fingerprint density at radius 1 is 1.21 bits per heavy atom. The number of rotatable bonds is 1. The summed E-state index contributed by atoms with van der Waals surface area (Å²) in [5.74, 6) is 0.324. The van der Waals surface area contributed by atoms with Gasteiger partial charge in [-0.2, -0.15) is 0 Å². The van der Waals surface area contributed by atoms with Crippen molar-refractivity contribution in [3.8, 4) is 5.75 Å². The highest BCUT2D eigenvalue weighted by atomic mass is 16.3. The molecule has 1 heterocycles. The molecule has 0 unspecified atom stereocenters. The maximum atomic E-state index is 10.1. The molecule has 0 aliphatic heterocycles. The molecule has 19 heavy (non-hydrogen) atoms. The summed E-state index contributed by atoms with van der Waals surface area (Å²) in [4.78, 5) is 4.04. The molecular weight excluding hydrogens is 234 g/mol. The Labute approximate surface area is 112 Å². The summed E-state index contributed by atoms with van der Waals surface area (Å²) in [6, 6.07) is 7.91. The number of aryl methyl sites for hydroxylation is 1. The van der Waals surface area contributed by atoms with Crippen LogP contribution in [0.15, 0.2) is 49.3 Å². The summed E-state index contributed by atoms with van der Waals surface area (Å²) in [6.07, 6.45) is 6.45. The molecule has 0 fully saturated rings. The van der Waals surface area contributed by atoms with E-state index < -0.39 is 0 Å². The van der Waals surface area contributed by atoms with Gasteiger partial charge in [0.1, 0.15) is 5.75 Å². The van der Waals surface area contributed by atoms with Crippen LogP contribution in [-0.4, -0.2) is 10.1 Å². The summed E-state index contributed by atoms with van der Waals surface area (Å²) >= 11 is 0. The van der Waals surface area contributed by atoms with Crippen molar-refractivity contribution in [3.05, 3.63) is 71.6 Å². The molecular formula is C17H15NO. The zero-order valence-corrected chi connectivity index (χ0v) is 10.9. The predicted molar refractivity (Wildman–Crippen MR) is 77.8 cm³/mol. The van der Waals surface area contributed by atoms with Gasteiger partial charge in [-0.15, -0.1) is 0 Å². The normalized spacial score (nSPS) is 13.9. The van der Waals surface area contributed by atoms with Crippen molar-refractivity contribution in [1.29, 1.82) is 0 Å². The van der Waals surface area contributed by atoms with Crippen molar-refractivity contribution >= 4 is 11.1 Å². The number of aromatic nitrogens is 1. The molecule has 0 saturated heterocycles. The van der Waals surface area contributed by atoms with Crippen LogP contribution >= 0.6 is 0 Å². The molecule has 1 aliphatic carbocycles. The third-order valence-electron chi connectivity index (χ3n) is 3.45. The van der Waals surface area contributed by atoms with E-state index in [4.69, 9.17) is 0 Å². The van der Waals surface area contributed by atoms with Crippen LogP contribution in [0.1, 0.15) is 22.3 Å². The lowest BCUT2D eigenvalue weighted by molar-refractivity contribution is 0.472. The lowest BCUT2D eigenvalue weighted by Crippen LogP contribution is -2.02. The third kappa shape index (κ3) is 2.06. The molecule has 1 aliphatic rings. The molecule has 0 saturated carbocycles. The Balaban J connectivity index is 2.10. The number of hydrogen-bond donors (Lipinski definition) is 1. The van der Waals surface area contributed by atoms with Gasteiger partial charge < -0.3 is 5.11 Å². The smallest absolute Gasteiger partial charge is 0.123 e. The van der Waals surface area contributed by atoms with Gasteiger partial charge in [0.15, 0.2) is 0 Å². The van der Waals surface area contributed by atoms with E-state index >= 15 is 0 Å². The minimum Gasteiger partial charge on any atom is -0.507 e. The minimum atomic E-state index is 0.324. The molecule has 3 rings (SSSR count). The van der Waals surface area contributed by atoms with Crippen LogP contribution in [0.2, 0.25) is 0 Å². The van der Waals surface area contributed by atoms with Gasteiger partial charge in [0.2, 0.25) is 0 Å². The molecule has 0 bridgehead atoms. The fourth-order valence-electron chi connectivity index (χ4n) is 2.64. The summed E-state index contributed by atoms with van der Waals surface area (Å²) < 4.78 is 0. The highest BCUT2D eigenvalue weighted by Gasteiger charge is 2.18. The summed E-state index contributed by atoms with van der Waals surface area (Å²) in [7, 11) is 0. The maximum absolute atomic E-state index is 10.1. The average molecular weight is 249 g/mol. The zero-order chi connectivity index (χ0) is 13.4. The van der Waals surface area contributed by atoms with Crippen molar-refractivity contribution in [2.75, 3.05) is 0 Å². The van der Waals surface area contributed by atoms with Gasteiger partial charge in [-0.05, 0) is 59.4 Å². The fraction of sp³-hybridized carbons (Fsp3) is 0.118. The Hall–Kier alpha value is -2.35. The molecule has 2 heteroatoms. The lowest BCUT2D eigenvalue weighted by Gasteiger charge is -2.20. The van der Waals surface area contributed by atoms with E-state index in [9.17, 15) is 5.11 Å². The van der Waals surface area contributed by atoms with Gasteiger partial charge in [-0.25, -0.2) is 0 Å². The van der Waals surface area contributed by atoms with Crippen molar-refractivity contribution in [2.24, 2.45) is 0 Å². The zero-order valence-electron chi connectivity index (χ0n) is 10.9. The van der Waals surface area contributed by atoms with Gasteiger partial charge in [-0.1, -0.05) is 18.7 Å². The fourth-order valence-corrected chi connectivity index (χ4v) is 2.64. The highest BCUT2D eigenvalue weighted by molar-refractivity contribution is 5.90. The van der Waals surface area contributed by atoms with Crippen LogP contribution < -0.4 is 0 Å². The van der Waals surface area contributed by atoms with E-state index in [1.165, 1.54) is 5.57 Å². The second kappa shape index (κ2) is 4.39. The summed E-state index contributed by atoms with van der Waals surface area (Å²) in [5.41, 5.74) is 6.32. The van der Waals surface area contributed by atoms with Crippen molar-refractivity contribution in [3.63, 3.8) is 0 Å². The molecule has 0 atom stereocenters. The summed E-state index contributed by atoms with van der Waals surface area (Å²) in [5, 5.41) is 10.1. The topological polar surface area (TPSA) is 33.1 Å². The number of fused-ring (bicyclic) bond motifs is 1. The quantitative estimate of drug-likeness (QED) is 0.835. The minimum absolute atomic E-state index is 0.324. The Morgan fingerprint density at radius 3 is 2.68 bits per heavy atom. The maximum Gasteiger partial charge on any atom is 0.123 e. The first kappa shape index (κ1) is 11.7.